The molecule has 2 fully saturated rings. The van der Waals surface area contributed by atoms with Gasteiger partial charge in [-0.2, -0.15) is 0 Å². The lowest BCUT2D eigenvalue weighted by molar-refractivity contribution is -0.0161. The van der Waals surface area contributed by atoms with E-state index in [4.69, 9.17) is 10.5 Å². The highest BCUT2D eigenvalue weighted by atomic mass is 79.9. The number of amides is 1. The van der Waals surface area contributed by atoms with Crippen LogP contribution in [0.15, 0.2) is 22.7 Å². The molecule has 19 heavy (non-hydrogen) atoms. The zero-order valence-electron chi connectivity index (χ0n) is 10.1. The Hall–Kier alpha value is -0.980. The first-order valence-corrected chi connectivity index (χ1v) is 7.01. The summed E-state index contributed by atoms with van der Waals surface area (Å²) in [5.41, 5.74) is 6.02. The van der Waals surface area contributed by atoms with Gasteiger partial charge in [-0.25, -0.2) is 4.39 Å². The summed E-state index contributed by atoms with van der Waals surface area (Å²) in [6, 6.07) is 4.10. The monoisotopic (exact) mass is 328 g/mol. The molecule has 6 heteroatoms. The van der Waals surface area contributed by atoms with E-state index in [1.807, 2.05) is 0 Å². The van der Waals surface area contributed by atoms with Crippen LogP contribution in [0.25, 0.3) is 0 Å². The molecular formula is C13H14BrFN2O2. The Balaban J connectivity index is 1.75. The summed E-state index contributed by atoms with van der Waals surface area (Å²) < 4.78 is 19.6. The maximum absolute atomic E-state index is 13.7. The zero-order valence-corrected chi connectivity index (χ0v) is 11.7. The minimum absolute atomic E-state index is 0.0103. The number of hydrogen-bond acceptors (Lipinski definition) is 3. The highest BCUT2D eigenvalue weighted by molar-refractivity contribution is 9.10. The molecule has 1 aliphatic heterocycles. The summed E-state index contributed by atoms with van der Waals surface area (Å²) in [6.45, 7) is 0.679. The van der Waals surface area contributed by atoms with Crippen LogP contribution in [0.4, 0.5) is 4.39 Å². The van der Waals surface area contributed by atoms with Crippen molar-refractivity contribution in [1.29, 1.82) is 0 Å². The van der Waals surface area contributed by atoms with Crippen molar-refractivity contribution in [3.8, 4) is 0 Å². The number of benzene rings is 1. The second-order valence-electron chi connectivity index (χ2n) is 4.96. The van der Waals surface area contributed by atoms with Crippen LogP contribution in [0.5, 0.6) is 0 Å². The molecule has 1 aliphatic carbocycles. The highest BCUT2D eigenvalue weighted by Crippen LogP contribution is 2.38. The Morgan fingerprint density at radius 1 is 1.53 bits per heavy atom. The van der Waals surface area contributed by atoms with Crippen LogP contribution in [0.1, 0.15) is 16.8 Å². The van der Waals surface area contributed by atoms with Gasteiger partial charge in [0.2, 0.25) is 0 Å². The molecule has 1 saturated carbocycles. The average Bonchev–Trinajstić information content (AvgIpc) is 2.80. The molecule has 3 rings (SSSR count). The summed E-state index contributed by atoms with van der Waals surface area (Å²) in [6.07, 6.45) is 0.909. The first kappa shape index (κ1) is 13.0. The third-order valence-corrected chi connectivity index (χ3v) is 4.59. The van der Waals surface area contributed by atoms with Crippen LogP contribution in [-0.4, -0.2) is 30.7 Å². The van der Waals surface area contributed by atoms with E-state index in [9.17, 15) is 9.18 Å². The van der Waals surface area contributed by atoms with Crippen molar-refractivity contribution in [2.45, 2.75) is 24.6 Å². The Morgan fingerprint density at radius 2 is 2.32 bits per heavy atom. The van der Waals surface area contributed by atoms with Crippen molar-refractivity contribution >= 4 is 21.8 Å². The fourth-order valence-corrected chi connectivity index (χ4v) is 3.39. The molecule has 1 heterocycles. The summed E-state index contributed by atoms with van der Waals surface area (Å²) in [5.74, 6) is -0.697. The van der Waals surface area contributed by atoms with Gasteiger partial charge in [-0.1, -0.05) is 6.07 Å². The van der Waals surface area contributed by atoms with Gasteiger partial charge in [0.15, 0.2) is 0 Å². The normalized spacial score (nSPS) is 32.6. The van der Waals surface area contributed by atoms with Crippen LogP contribution in [0.3, 0.4) is 0 Å². The van der Waals surface area contributed by atoms with E-state index in [2.05, 4.69) is 21.2 Å². The van der Waals surface area contributed by atoms with Crippen LogP contribution < -0.4 is 11.1 Å². The molecule has 1 aromatic rings. The number of halogens is 2. The second-order valence-corrected chi connectivity index (χ2v) is 5.82. The number of nitrogens with two attached hydrogens (primary N) is 1. The van der Waals surface area contributed by atoms with Crippen LogP contribution >= 0.6 is 15.9 Å². The molecule has 0 spiro atoms. The van der Waals surface area contributed by atoms with Crippen molar-refractivity contribution < 1.29 is 13.9 Å². The van der Waals surface area contributed by atoms with E-state index in [-0.39, 0.29) is 23.8 Å². The van der Waals surface area contributed by atoms with Crippen molar-refractivity contribution in [2.75, 3.05) is 6.61 Å². The number of carbonyl (C=O) groups excluding carboxylic acids is 1. The first-order chi connectivity index (χ1) is 9.09. The highest BCUT2D eigenvalue weighted by Gasteiger charge is 2.52. The van der Waals surface area contributed by atoms with E-state index < -0.39 is 11.7 Å². The minimum atomic E-state index is -0.552. The molecule has 1 aromatic carbocycles. The van der Waals surface area contributed by atoms with E-state index in [0.29, 0.717) is 17.0 Å². The number of ether oxygens (including phenoxy) is 1. The Labute approximate surface area is 118 Å². The number of fused-ring (bicyclic) bond motifs is 1. The number of hydrogen-bond donors (Lipinski definition) is 2. The predicted molar refractivity (Wildman–Crippen MR) is 71.2 cm³/mol. The largest absolute Gasteiger partial charge is 0.376 e. The number of nitrogens with one attached hydrogen (secondary N) is 1. The van der Waals surface area contributed by atoms with Crippen LogP contribution in [-0.2, 0) is 4.74 Å². The standard InChI is InChI=1S/C13H14BrFN2O2/c14-7-2-1-3-8(15)9(7)13(18)17-11-10(16)6-4-5-19-12(6)11/h1-3,6,10-12H,4-5,16H2,(H,17,18). The lowest BCUT2D eigenvalue weighted by atomic mass is 9.72. The van der Waals surface area contributed by atoms with Crippen LogP contribution in [0.2, 0.25) is 0 Å². The van der Waals surface area contributed by atoms with E-state index in [1.54, 1.807) is 12.1 Å². The SMILES string of the molecule is NC1C2CCOC2C1NC(=O)c1c(F)cccc1Br. The van der Waals surface area contributed by atoms with Gasteiger partial charge in [0.05, 0.1) is 17.7 Å². The number of rotatable bonds is 2. The fraction of sp³-hybridized carbons (Fsp3) is 0.462. The molecular weight excluding hydrogens is 315 g/mol. The maximum Gasteiger partial charge on any atom is 0.255 e. The lowest BCUT2D eigenvalue weighted by Gasteiger charge is -2.45. The third kappa shape index (κ3) is 2.07. The first-order valence-electron chi connectivity index (χ1n) is 6.21. The van der Waals surface area contributed by atoms with Gasteiger partial charge in [-0.05, 0) is 34.5 Å². The van der Waals surface area contributed by atoms with Gasteiger partial charge >= 0.3 is 0 Å². The van der Waals surface area contributed by atoms with Crippen molar-refractivity contribution in [3.63, 3.8) is 0 Å². The molecule has 0 radical (unpaired) electrons. The average molecular weight is 329 g/mol. The molecule has 0 bridgehead atoms. The molecule has 102 valence electrons. The lowest BCUT2D eigenvalue weighted by Crippen LogP contribution is -2.69. The summed E-state index contributed by atoms with van der Waals surface area (Å²) >= 11 is 3.19. The van der Waals surface area contributed by atoms with Gasteiger partial charge in [-0.3, -0.25) is 4.79 Å². The maximum atomic E-state index is 13.7. The smallest absolute Gasteiger partial charge is 0.255 e. The van der Waals surface area contributed by atoms with E-state index >= 15 is 0 Å². The van der Waals surface area contributed by atoms with Gasteiger partial charge < -0.3 is 15.8 Å². The van der Waals surface area contributed by atoms with Gasteiger partial charge in [0.25, 0.3) is 5.91 Å². The second kappa shape index (κ2) is 4.85. The number of carbonyl (C=O) groups is 1. The summed E-state index contributed by atoms with van der Waals surface area (Å²) in [5, 5.41) is 2.78. The molecule has 0 aromatic heterocycles. The molecule has 1 amide bonds. The third-order valence-electron chi connectivity index (χ3n) is 3.93. The molecule has 4 atom stereocenters. The van der Waals surface area contributed by atoms with Gasteiger partial charge in [0.1, 0.15) is 5.82 Å². The minimum Gasteiger partial charge on any atom is -0.376 e. The Morgan fingerprint density at radius 3 is 3.05 bits per heavy atom. The van der Waals surface area contributed by atoms with Gasteiger partial charge in [-0.15, -0.1) is 0 Å². The van der Waals surface area contributed by atoms with Crippen molar-refractivity contribution in [3.05, 3.63) is 34.1 Å². The van der Waals surface area contributed by atoms with Crippen molar-refractivity contribution in [2.24, 2.45) is 11.7 Å². The zero-order chi connectivity index (χ0) is 13.6. The quantitative estimate of drug-likeness (QED) is 0.863. The summed E-state index contributed by atoms with van der Waals surface area (Å²) in [7, 11) is 0. The molecule has 4 nitrogen and oxygen atoms in total. The Bertz CT molecular complexity index is 505. The van der Waals surface area contributed by atoms with Crippen molar-refractivity contribution in [1.82, 2.24) is 5.32 Å². The molecule has 4 unspecified atom stereocenters. The fourth-order valence-electron chi connectivity index (χ4n) is 2.87. The van der Waals surface area contributed by atoms with E-state index in [1.165, 1.54) is 6.07 Å². The molecule has 3 N–H and O–H groups in total. The molecule has 1 saturated heterocycles. The topological polar surface area (TPSA) is 64.3 Å². The predicted octanol–water partition coefficient (Wildman–Crippen LogP) is 1.43. The Kier molecular flexibility index (Phi) is 3.32. The van der Waals surface area contributed by atoms with Crippen LogP contribution in [0, 0.1) is 11.7 Å². The van der Waals surface area contributed by atoms with Gasteiger partial charge in [0, 0.05) is 23.0 Å². The van der Waals surface area contributed by atoms with E-state index in [0.717, 1.165) is 6.42 Å². The summed E-state index contributed by atoms with van der Waals surface area (Å²) in [4.78, 5) is 12.1. The molecule has 2 aliphatic rings.